The Balaban J connectivity index is 1.72. The average Bonchev–Trinajstić information content (AvgIpc) is 2.94. The number of aryl methyl sites for hydroxylation is 1. The van der Waals surface area contributed by atoms with Gasteiger partial charge in [-0.05, 0) is 51.3 Å². The quantitative estimate of drug-likeness (QED) is 0.814. The summed E-state index contributed by atoms with van der Waals surface area (Å²) in [7, 11) is 1.65. The van der Waals surface area contributed by atoms with Crippen LogP contribution in [0.25, 0.3) is 0 Å². The number of nitrogens with one attached hydrogen (secondary N) is 1. The Kier molecular flexibility index (Phi) is 5.86. The van der Waals surface area contributed by atoms with Crippen molar-refractivity contribution in [3.05, 3.63) is 29.8 Å². The van der Waals surface area contributed by atoms with Gasteiger partial charge < -0.3 is 15.0 Å². The first-order valence-electron chi connectivity index (χ1n) is 8.52. The second-order valence-corrected chi connectivity index (χ2v) is 7.32. The zero-order valence-corrected chi connectivity index (χ0v) is 15.1. The van der Waals surface area contributed by atoms with Gasteiger partial charge in [-0.1, -0.05) is 12.1 Å². The number of hydrogen-bond acceptors (Lipinski definition) is 3. The van der Waals surface area contributed by atoms with E-state index in [2.05, 4.69) is 5.32 Å². The first-order chi connectivity index (χ1) is 11.3. The van der Waals surface area contributed by atoms with Gasteiger partial charge in [0.15, 0.2) is 0 Å². The van der Waals surface area contributed by atoms with Gasteiger partial charge in [-0.2, -0.15) is 0 Å². The SMILES string of the molecule is COc1ccc(CCCNC(=O)[C@@H]2CC(=O)N(C(C)(C)C)C2)cc1. The lowest BCUT2D eigenvalue weighted by Gasteiger charge is -2.31. The molecule has 0 aliphatic carbocycles. The van der Waals surface area contributed by atoms with Gasteiger partial charge in [0.05, 0.1) is 13.0 Å². The van der Waals surface area contributed by atoms with Crippen molar-refractivity contribution in [2.75, 3.05) is 20.2 Å². The number of hydrogen-bond donors (Lipinski definition) is 1. The van der Waals surface area contributed by atoms with E-state index in [4.69, 9.17) is 4.74 Å². The standard InChI is InChI=1S/C19H28N2O3/c1-19(2,3)21-13-15(12-17(21)22)18(23)20-11-5-6-14-7-9-16(24-4)10-8-14/h7-10,15H,5-6,11-13H2,1-4H3,(H,20,23)/t15-/m1/s1. The van der Waals surface area contributed by atoms with E-state index in [0.29, 0.717) is 19.5 Å². The van der Waals surface area contributed by atoms with E-state index in [0.717, 1.165) is 18.6 Å². The molecule has 1 fully saturated rings. The molecule has 0 radical (unpaired) electrons. The summed E-state index contributed by atoms with van der Waals surface area (Å²) in [5.74, 6) is 0.685. The fourth-order valence-corrected chi connectivity index (χ4v) is 2.97. The Morgan fingerprint density at radius 2 is 1.96 bits per heavy atom. The van der Waals surface area contributed by atoms with Crippen LogP contribution < -0.4 is 10.1 Å². The maximum Gasteiger partial charge on any atom is 0.225 e. The van der Waals surface area contributed by atoms with E-state index in [-0.39, 0.29) is 23.3 Å². The van der Waals surface area contributed by atoms with Crippen LogP contribution in [-0.2, 0) is 16.0 Å². The summed E-state index contributed by atoms with van der Waals surface area (Å²) >= 11 is 0. The zero-order chi connectivity index (χ0) is 17.7. The molecule has 5 nitrogen and oxygen atoms in total. The molecule has 1 aromatic rings. The molecule has 0 saturated carbocycles. The molecule has 1 aliphatic heterocycles. The smallest absolute Gasteiger partial charge is 0.225 e. The highest BCUT2D eigenvalue weighted by atomic mass is 16.5. The number of benzene rings is 1. The number of methoxy groups -OCH3 is 1. The van der Waals surface area contributed by atoms with Gasteiger partial charge in [-0.15, -0.1) is 0 Å². The van der Waals surface area contributed by atoms with Crippen molar-refractivity contribution >= 4 is 11.8 Å². The van der Waals surface area contributed by atoms with Gasteiger partial charge in [0.25, 0.3) is 0 Å². The normalized spacial score (nSPS) is 17.9. The number of rotatable bonds is 6. The summed E-state index contributed by atoms with van der Waals surface area (Å²) in [6, 6.07) is 7.97. The molecular weight excluding hydrogens is 304 g/mol. The Morgan fingerprint density at radius 1 is 1.29 bits per heavy atom. The zero-order valence-electron chi connectivity index (χ0n) is 15.1. The number of nitrogens with zero attached hydrogens (tertiary/aromatic N) is 1. The van der Waals surface area contributed by atoms with Gasteiger partial charge in [-0.3, -0.25) is 9.59 Å². The van der Waals surface area contributed by atoms with Crippen LogP contribution in [0.15, 0.2) is 24.3 Å². The fourth-order valence-electron chi connectivity index (χ4n) is 2.97. The summed E-state index contributed by atoms with van der Waals surface area (Å²) in [6.07, 6.45) is 2.10. The molecule has 24 heavy (non-hydrogen) atoms. The van der Waals surface area contributed by atoms with Crippen molar-refractivity contribution in [2.45, 2.75) is 45.6 Å². The molecule has 2 amide bonds. The number of carbonyl (C=O) groups is 2. The highest BCUT2D eigenvalue weighted by molar-refractivity contribution is 5.89. The maximum atomic E-state index is 12.3. The van der Waals surface area contributed by atoms with Crippen LogP contribution in [0.5, 0.6) is 5.75 Å². The molecule has 0 spiro atoms. The lowest BCUT2D eigenvalue weighted by Crippen LogP contribution is -2.43. The maximum absolute atomic E-state index is 12.3. The molecular formula is C19H28N2O3. The van der Waals surface area contributed by atoms with Gasteiger partial charge >= 0.3 is 0 Å². The Morgan fingerprint density at radius 3 is 2.50 bits per heavy atom. The lowest BCUT2D eigenvalue weighted by molar-refractivity contribution is -0.132. The van der Waals surface area contributed by atoms with Gasteiger partial charge in [0.2, 0.25) is 11.8 Å². The summed E-state index contributed by atoms with van der Waals surface area (Å²) in [5.41, 5.74) is 1.00. The Bertz CT molecular complexity index is 575. The van der Waals surface area contributed by atoms with Crippen molar-refractivity contribution in [1.29, 1.82) is 0 Å². The second-order valence-electron chi connectivity index (χ2n) is 7.32. The molecule has 0 bridgehead atoms. The minimum Gasteiger partial charge on any atom is -0.497 e. The molecule has 1 aliphatic rings. The molecule has 2 rings (SSSR count). The molecule has 1 saturated heterocycles. The van der Waals surface area contributed by atoms with Crippen molar-refractivity contribution in [1.82, 2.24) is 10.2 Å². The highest BCUT2D eigenvalue weighted by Gasteiger charge is 2.39. The predicted molar refractivity (Wildman–Crippen MR) is 93.9 cm³/mol. The predicted octanol–water partition coefficient (Wildman–Crippen LogP) is 2.39. The Labute approximate surface area is 144 Å². The average molecular weight is 332 g/mol. The first-order valence-corrected chi connectivity index (χ1v) is 8.52. The summed E-state index contributed by atoms with van der Waals surface area (Å²) in [4.78, 5) is 26.1. The van der Waals surface area contributed by atoms with E-state index in [1.54, 1.807) is 12.0 Å². The number of ether oxygens (including phenoxy) is 1. The van der Waals surface area contributed by atoms with Gasteiger partial charge in [0.1, 0.15) is 5.75 Å². The minimum atomic E-state index is -0.224. The van der Waals surface area contributed by atoms with Crippen LogP contribution in [0.1, 0.15) is 39.2 Å². The molecule has 1 atom stereocenters. The topological polar surface area (TPSA) is 58.6 Å². The molecule has 1 heterocycles. The number of likely N-dealkylation sites (tertiary alicyclic amines) is 1. The van der Waals surface area contributed by atoms with Crippen LogP contribution in [0.3, 0.4) is 0 Å². The molecule has 0 aromatic heterocycles. The number of carbonyl (C=O) groups excluding carboxylic acids is 2. The monoisotopic (exact) mass is 332 g/mol. The van der Waals surface area contributed by atoms with Gasteiger partial charge in [0, 0.05) is 25.0 Å². The van der Waals surface area contributed by atoms with E-state index in [1.807, 2.05) is 45.0 Å². The van der Waals surface area contributed by atoms with Crippen LogP contribution in [0, 0.1) is 5.92 Å². The van der Waals surface area contributed by atoms with Crippen molar-refractivity contribution in [3.8, 4) is 5.75 Å². The van der Waals surface area contributed by atoms with E-state index < -0.39 is 0 Å². The minimum absolute atomic E-state index is 0.00942. The molecule has 132 valence electrons. The summed E-state index contributed by atoms with van der Waals surface area (Å²) in [5, 5.41) is 2.97. The highest BCUT2D eigenvalue weighted by Crippen LogP contribution is 2.25. The first kappa shape index (κ1) is 18.3. The number of amides is 2. The third-order valence-electron chi connectivity index (χ3n) is 4.41. The van der Waals surface area contributed by atoms with E-state index >= 15 is 0 Å². The van der Waals surface area contributed by atoms with Crippen LogP contribution >= 0.6 is 0 Å². The second kappa shape index (κ2) is 7.69. The molecule has 5 heteroatoms. The van der Waals surface area contributed by atoms with Crippen LogP contribution in [0.2, 0.25) is 0 Å². The third-order valence-corrected chi connectivity index (χ3v) is 4.41. The third kappa shape index (κ3) is 4.73. The largest absolute Gasteiger partial charge is 0.497 e. The fraction of sp³-hybridized carbons (Fsp3) is 0.579. The van der Waals surface area contributed by atoms with E-state index in [9.17, 15) is 9.59 Å². The van der Waals surface area contributed by atoms with Gasteiger partial charge in [-0.25, -0.2) is 0 Å². The van der Waals surface area contributed by atoms with Crippen molar-refractivity contribution in [2.24, 2.45) is 5.92 Å². The lowest BCUT2D eigenvalue weighted by atomic mass is 10.1. The van der Waals surface area contributed by atoms with Crippen LogP contribution in [-0.4, -0.2) is 42.5 Å². The van der Waals surface area contributed by atoms with Crippen molar-refractivity contribution < 1.29 is 14.3 Å². The van der Waals surface area contributed by atoms with Crippen molar-refractivity contribution in [3.63, 3.8) is 0 Å². The Hall–Kier alpha value is -2.04. The summed E-state index contributed by atoms with van der Waals surface area (Å²) in [6.45, 7) is 7.15. The molecule has 1 N–H and O–H groups in total. The summed E-state index contributed by atoms with van der Waals surface area (Å²) < 4.78 is 5.14. The molecule has 0 unspecified atom stereocenters. The van der Waals surface area contributed by atoms with Crippen LogP contribution in [0.4, 0.5) is 0 Å². The molecule has 1 aromatic carbocycles. The van der Waals surface area contributed by atoms with E-state index in [1.165, 1.54) is 5.56 Å².